The quantitative estimate of drug-likeness (QED) is 0.827. The summed E-state index contributed by atoms with van der Waals surface area (Å²) in [4.78, 5) is 0. The second-order valence-electron chi connectivity index (χ2n) is 4.30. The smallest absolute Gasteiger partial charge is 0.166 e. The largest absolute Gasteiger partial charge is 0.313 e. The normalized spacial score (nSPS) is 12.2. The lowest BCUT2D eigenvalue weighted by Crippen LogP contribution is -2.18. The van der Waals surface area contributed by atoms with Crippen LogP contribution in [0.3, 0.4) is 0 Å². The minimum atomic E-state index is -0.801. The number of likely N-dealkylation sites (N-methyl/N-ethyl adjacent to an activating group) is 1. The molecule has 0 aromatic heterocycles. The lowest BCUT2D eigenvalue weighted by atomic mass is 10.00. The second-order valence-corrected chi connectivity index (χ2v) is 4.30. The molecule has 0 fully saturated rings. The van der Waals surface area contributed by atoms with E-state index in [0.717, 1.165) is 18.2 Å². The zero-order valence-electron chi connectivity index (χ0n) is 10.6. The van der Waals surface area contributed by atoms with Gasteiger partial charge in [0.25, 0.3) is 0 Å². The van der Waals surface area contributed by atoms with Crippen molar-refractivity contribution in [3.63, 3.8) is 0 Å². The van der Waals surface area contributed by atoms with Gasteiger partial charge in [-0.15, -0.1) is 0 Å². The maximum absolute atomic E-state index is 13.5. The van der Waals surface area contributed by atoms with E-state index in [2.05, 4.69) is 5.32 Å². The fraction of sp³-hybridized carbons (Fsp3) is 0.429. The number of hydrogen-bond donors (Lipinski definition) is 1. The van der Waals surface area contributed by atoms with Gasteiger partial charge in [0.15, 0.2) is 11.6 Å². The predicted octanol–water partition coefficient (Wildman–Crippen LogP) is 3.61. The van der Waals surface area contributed by atoms with Crippen LogP contribution in [0.4, 0.5) is 8.78 Å². The molecule has 0 radical (unpaired) electrons. The number of hydrogen-bond acceptors (Lipinski definition) is 1. The standard InChI is InChI=1S/C14H19F2N/c1-4-17-9-12(10(2)3)8-11-6-5-7-13(15)14(11)16/h5-8,10,17H,4,9H2,1-3H3. The third-order valence-electron chi connectivity index (χ3n) is 2.64. The molecule has 0 atom stereocenters. The van der Waals surface area contributed by atoms with Crippen molar-refractivity contribution < 1.29 is 8.78 Å². The Bertz CT molecular complexity index is 397. The van der Waals surface area contributed by atoms with Crippen LogP contribution in [0.15, 0.2) is 23.8 Å². The van der Waals surface area contributed by atoms with E-state index in [1.54, 1.807) is 12.1 Å². The summed E-state index contributed by atoms with van der Waals surface area (Å²) in [5, 5.41) is 3.20. The summed E-state index contributed by atoms with van der Waals surface area (Å²) in [6.07, 6.45) is 1.73. The fourth-order valence-corrected chi connectivity index (χ4v) is 1.52. The topological polar surface area (TPSA) is 12.0 Å². The van der Waals surface area contributed by atoms with E-state index >= 15 is 0 Å². The molecule has 1 nitrogen and oxygen atoms in total. The number of rotatable bonds is 5. The third kappa shape index (κ3) is 3.93. The van der Waals surface area contributed by atoms with E-state index in [-0.39, 0.29) is 0 Å². The average molecular weight is 239 g/mol. The molecule has 1 aromatic rings. The van der Waals surface area contributed by atoms with Crippen LogP contribution in [-0.4, -0.2) is 13.1 Å². The zero-order valence-corrected chi connectivity index (χ0v) is 10.6. The lowest BCUT2D eigenvalue weighted by molar-refractivity contribution is 0.506. The summed E-state index contributed by atoms with van der Waals surface area (Å²) in [5.74, 6) is -1.27. The van der Waals surface area contributed by atoms with Crippen molar-refractivity contribution >= 4 is 6.08 Å². The van der Waals surface area contributed by atoms with Crippen LogP contribution in [0.5, 0.6) is 0 Å². The second kappa shape index (κ2) is 6.50. The average Bonchev–Trinajstić information content (AvgIpc) is 2.29. The number of benzene rings is 1. The molecule has 0 saturated carbocycles. The summed E-state index contributed by atoms with van der Waals surface area (Å²) in [5.41, 5.74) is 1.38. The molecule has 0 amide bonds. The van der Waals surface area contributed by atoms with Crippen molar-refractivity contribution in [2.45, 2.75) is 20.8 Å². The fourth-order valence-electron chi connectivity index (χ4n) is 1.52. The van der Waals surface area contributed by atoms with Crippen LogP contribution in [0.25, 0.3) is 6.08 Å². The maximum Gasteiger partial charge on any atom is 0.166 e. The Hall–Kier alpha value is -1.22. The van der Waals surface area contributed by atoms with Crippen molar-refractivity contribution in [3.05, 3.63) is 41.0 Å². The number of nitrogens with one attached hydrogen (secondary N) is 1. The molecule has 1 N–H and O–H groups in total. The van der Waals surface area contributed by atoms with Crippen molar-refractivity contribution in [1.82, 2.24) is 5.32 Å². The molecule has 0 heterocycles. The van der Waals surface area contributed by atoms with E-state index in [4.69, 9.17) is 0 Å². The molecule has 17 heavy (non-hydrogen) atoms. The lowest BCUT2D eigenvalue weighted by Gasteiger charge is -2.12. The van der Waals surface area contributed by atoms with Gasteiger partial charge in [-0.05, 0) is 18.5 Å². The van der Waals surface area contributed by atoms with E-state index in [9.17, 15) is 8.78 Å². The van der Waals surface area contributed by atoms with Crippen LogP contribution in [-0.2, 0) is 0 Å². The van der Waals surface area contributed by atoms with Crippen LogP contribution in [0.1, 0.15) is 26.3 Å². The van der Waals surface area contributed by atoms with Gasteiger partial charge >= 0.3 is 0 Å². The molecular formula is C14H19F2N. The Morgan fingerprint density at radius 2 is 2.06 bits per heavy atom. The van der Waals surface area contributed by atoms with Gasteiger partial charge < -0.3 is 5.32 Å². The van der Waals surface area contributed by atoms with Gasteiger partial charge in [0.1, 0.15) is 0 Å². The molecule has 1 aromatic carbocycles. The highest BCUT2D eigenvalue weighted by Crippen LogP contribution is 2.18. The van der Waals surface area contributed by atoms with Crippen LogP contribution < -0.4 is 5.32 Å². The van der Waals surface area contributed by atoms with Gasteiger partial charge in [-0.3, -0.25) is 0 Å². The molecule has 94 valence electrons. The van der Waals surface area contributed by atoms with E-state index < -0.39 is 11.6 Å². The van der Waals surface area contributed by atoms with E-state index in [1.165, 1.54) is 6.07 Å². The Kier molecular flexibility index (Phi) is 5.29. The Morgan fingerprint density at radius 3 is 2.65 bits per heavy atom. The van der Waals surface area contributed by atoms with Crippen molar-refractivity contribution in [1.29, 1.82) is 0 Å². The monoisotopic (exact) mass is 239 g/mol. The molecule has 0 bridgehead atoms. The molecule has 1 rings (SSSR count). The molecular weight excluding hydrogens is 220 g/mol. The SMILES string of the molecule is CCNCC(=Cc1cccc(F)c1F)C(C)C. The highest BCUT2D eigenvalue weighted by Gasteiger charge is 2.08. The molecule has 0 aliphatic rings. The van der Waals surface area contributed by atoms with Crippen LogP contribution >= 0.6 is 0 Å². The molecule has 0 saturated heterocycles. The summed E-state index contributed by atoms with van der Waals surface area (Å²) >= 11 is 0. The highest BCUT2D eigenvalue weighted by molar-refractivity contribution is 5.54. The third-order valence-corrected chi connectivity index (χ3v) is 2.64. The Labute approximate surface area is 102 Å². The minimum Gasteiger partial charge on any atom is -0.313 e. The summed E-state index contributed by atoms with van der Waals surface area (Å²) in [6, 6.07) is 4.24. The molecule has 0 unspecified atom stereocenters. The first kappa shape index (κ1) is 13.8. The first-order valence-corrected chi connectivity index (χ1v) is 5.91. The van der Waals surface area contributed by atoms with Gasteiger partial charge in [0, 0.05) is 12.1 Å². The van der Waals surface area contributed by atoms with Crippen molar-refractivity contribution in [2.75, 3.05) is 13.1 Å². The van der Waals surface area contributed by atoms with Gasteiger partial charge in [0.2, 0.25) is 0 Å². The summed E-state index contributed by atoms with van der Waals surface area (Å²) < 4.78 is 26.6. The highest BCUT2D eigenvalue weighted by atomic mass is 19.2. The Morgan fingerprint density at radius 1 is 1.35 bits per heavy atom. The Balaban J connectivity index is 3.00. The van der Waals surface area contributed by atoms with Crippen LogP contribution in [0, 0.1) is 17.6 Å². The maximum atomic E-state index is 13.5. The van der Waals surface area contributed by atoms with Gasteiger partial charge in [0.05, 0.1) is 0 Å². The van der Waals surface area contributed by atoms with Gasteiger partial charge in [-0.25, -0.2) is 8.78 Å². The first-order valence-electron chi connectivity index (χ1n) is 5.91. The minimum absolute atomic E-state index is 0.303. The molecule has 0 aliphatic carbocycles. The van der Waals surface area contributed by atoms with Gasteiger partial charge in [-0.1, -0.05) is 44.6 Å². The zero-order chi connectivity index (χ0) is 12.8. The molecule has 0 spiro atoms. The van der Waals surface area contributed by atoms with Gasteiger partial charge in [-0.2, -0.15) is 0 Å². The van der Waals surface area contributed by atoms with Crippen molar-refractivity contribution in [3.8, 4) is 0 Å². The van der Waals surface area contributed by atoms with Crippen LogP contribution in [0.2, 0.25) is 0 Å². The van der Waals surface area contributed by atoms with Crippen molar-refractivity contribution in [2.24, 2.45) is 5.92 Å². The summed E-state index contributed by atoms with van der Waals surface area (Å²) in [6.45, 7) is 7.65. The predicted molar refractivity (Wildman–Crippen MR) is 67.7 cm³/mol. The van der Waals surface area contributed by atoms with E-state index in [0.29, 0.717) is 18.0 Å². The molecule has 3 heteroatoms. The first-order chi connectivity index (χ1) is 8.06. The van der Waals surface area contributed by atoms with E-state index in [1.807, 2.05) is 20.8 Å². The molecule has 0 aliphatic heterocycles. The number of halogens is 2. The summed E-state index contributed by atoms with van der Waals surface area (Å²) in [7, 11) is 0.